The van der Waals surface area contributed by atoms with Gasteiger partial charge in [0.25, 0.3) is 0 Å². The molecular formula is C32H36N4O3. The molecule has 3 aliphatic rings. The Bertz CT molecular complexity index is 1520. The summed E-state index contributed by atoms with van der Waals surface area (Å²) in [6, 6.07) is 14.8. The largest absolute Gasteiger partial charge is 0.357 e. The van der Waals surface area contributed by atoms with Gasteiger partial charge in [-0.25, -0.2) is 0 Å². The third-order valence-electron chi connectivity index (χ3n) is 8.79. The zero-order valence-corrected chi connectivity index (χ0v) is 23.0. The molecule has 4 atom stereocenters. The molecule has 4 heterocycles. The highest BCUT2D eigenvalue weighted by Crippen LogP contribution is 2.62. The van der Waals surface area contributed by atoms with Crippen molar-refractivity contribution in [3.8, 4) is 0 Å². The van der Waals surface area contributed by atoms with Crippen LogP contribution in [-0.2, 0) is 31.8 Å². The number of carbonyl (C=O) groups is 2. The number of aromatic amines is 1. The lowest BCUT2D eigenvalue weighted by molar-refractivity contribution is -0.137. The Balaban J connectivity index is 1.24. The SMILES string of the molecule is C=CC(C)(C)c1[nH]c2ccccc2c1C[C@@H]1NC(=O)[C@H](C[C@@]23O[C@@H]2N(C(C)(C)C=C)c2ccccc23)NC1=O. The predicted molar refractivity (Wildman–Crippen MR) is 153 cm³/mol. The van der Waals surface area contributed by atoms with Gasteiger partial charge >= 0.3 is 0 Å². The first-order valence-electron chi connectivity index (χ1n) is 13.6. The summed E-state index contributed by atoms with van der Waals surface area (Å²) in [6.07, 6.45) is 4.35. The quantitative estimate of drug-likeness (QED) is 0.297. The molecule has 0 bridgehead atoms. The van der Waals surface area contributed by atoms with E-state index in [0.717, 1.165) is 33.4 Å². The van der Waals surface area contributed by atoms with Crippen LogP contribution in [0.2, 0.25) is 0 Å². The van der Waals surface area contributed by atoms with Gasteiger partial charge in [0, 0.05) is 46.1 Å². The first kappa shape index (κ1) is 25.4. The summed E-state index contributed by atoms with van der Waals surface area (Å²) < 4.78 is 6.31. The molecule has 3 aliphatic heterocycles. The average Bonchev–Trinajstić information content (AvgIpc) is 3.37. The number of fused-ring (bicyclic) bond motifs is 4. The number of nitrogens with one attached hydrogen (secondary N) is 3. The number of epoxide rings is 1. The molecule has 3 N–H and O–H groups in total. The number of carbonyl (C=O) groups excluding carboxylic acids is 2. The number of nitrogens with zero attached hydrogens (tertiary/aromatic N) is 1. The summed E-state index contributed by atoms with van der Waals surface area (Å²) >= 11 is 0. The molecule has 2 saturated heterocycles. The molecule has 2 aromatic carbocycles. The number of hydrogen-bond acceptors (Lipinski definition) is 4. The van der Waals surface area contributed by atoms with E-state index in [1.165, 1.54) is 0 Å². The highest BCUT2D eigenvalue weighted by molar-refractivity contribution is 5.98. The standard InChI is InChI=1S/C32H36N4O3/c1-7-30(3,4)26-20(19-13-9-11-15-22(19)33-26)17-23-27(37)35-24(28(38)34-23)18-32-21-14-10-12-16-25(21)36(29(32)39-32)31(5,6)8-2/h7-16,23-24,29,33H,1-2,17-18H2,3-6H3,(H,34,38)(H,35,37)/t23-,24-,29-,32-/m0/s1. The fraction of sp³-hybridized carbons (Fsp3) is 0.375. The van der Waals surface area contributed by atoms with E-state index < -0.39 is 17.7 Å². The van der Waals surface area contributed by atoms with Crippen LogP contribution in [-0.4, -0.2) is 40.6 Å². The Morgan fingerprint density at radius 1 is 0.949 bits per heavy atom. The van der Waals surface area contributed by atoms with Gasteiger partial charge in [0.05, 0.1) is 5.54 Å². The summed E-state index contributed by atoms with van der Waals surface area (Å²) in [7, 11) is 0. The van der Waals surface area contributed by atoms with E-state index in [0.29, 0.717) is 12.8 Å². The Labute approximate surface area is 229 Å². The number of piperazine rings is 1. The summed E-state index contributed by atoms with van der Waals surface area (Å²) in [4.78, 5) is 32.6. The van der Waals surface area contributed by atoms with Crippen LogP contribution < -0.4 is 15.5 Å². The minimum absolute atomic E-state index is 0.185. The van der Waals surface area contributed by atoms with Crippen LogP contribution in [0.25, 0.3) is 10.9 Å². The van der Waals surface area contributed by atoms with E-state index in [1.807, 2.05) is 48.6 Å². The lowest BCUT2D eigenvalue weighted by Crippen LogP contribution is -2.63. The minimum Gasteiger partial charge on any atom is -0.357 e. The van der Waals surface area contributed by atoms with Gasteiger partial charge < -0.3 is 25.3 Å². The summed E-state index contributed by atoms with van der Waals surface area (Å²) in [5, 5.41) is 7.10. The number of benzene rings is 2. The second-order valence-corrected chi connectivity index (χ2v) is 12.1. The number of aromatic nitrogens is 1. The van der Waals surface area contributed by atoms with E-state index >= 15 is 0 Å². The molecule has 0 spiro atoms. The van der Waals surface area contributed by atoms with Gasteiger partial charge in [-0.1, -0.05) is 62.4 Å². The van der Waals surface area contributed by atoms with E-state index in [4.69, 9.17) is 4.74 Å². The van der Waals surface area contributed by atoms with Crippen molar-refractivity contribution < 1.29 is 14.3 Å². The average molecular weight is 525 g/mol. The van der Waals surface area contributed by atoms with Crippen molar-refractivity contribution in [2.24, 2.45) is 0 Å². The van der Waals surface area contributed by atoms with E-state index in [9.17, 15) is 9.59 Å². The molecule has 2 fully saturated rings. The van der Waals surface area contributed by atoms with Crippen LogP contribution in [0.1, 0.15) is 50.9 Å². The number of amides is 2. The van der Waals surface area contributed by atoms with Gasteiger partial charge in [0.2, 0.25) is 11.8 Å². The van der Waals surface area contributed by atoms with Gasteiger partial charge in [-0.3, -0.25) is 9.59 Å². The smallest absolute Gasteiger partial charge is 0.243 e. The number of rotatable bonds is 8. The molecule has 0 unspecified atom stereocenters. The molecule has 1 aromatic heterocycles. The fourth-order valence-corrected chi connectivity index (χ4v) is 6.30. The van der Waals surface area contributed by atoms with Crippen molar-refractivity contribution in [3.63, 3.8) is 0 Å². The molecule has 6 rings (SSSR count). The minimum atomic E-state index is -0.689. The molecule has 2 amide bonds. The highest BCUT2D eigenvalue weighted by atomic mass is 16.6. The topological polar surface area (TPSA) is 89.8 Å². The number of anilines is 1. The summed E-state index contributed by atoms with van der Waals surface area (Å²) in [6.45, 7) is 16.4. The van der Waals surface area contributed by atoms with Crippen LogP contribution >= 0.6 is 0 Å². The van der Waals surface area contributed by atoms with Crippen molar-refractivity contribution in [1.29, 1.82) is 0 Å². The second-order valence-electron chi connectivity index (χ2n) is 12.1. The Morgan fingerprint density at radius 3 is 2.36 bits per heavy atom. The molecule has 202 valence electrons. The molecule has 0 saturated carbocycles. The highest BCUT2D eigenvalue weighted by Gasteiger charge is 2.69. The number of allylic oxidation sites excluding steroid dienone is 1. The van der Waals surface area contributed by atoms with E-state index in [1.54, 1.807) is 0 Å². The van der Waals surface area contributed by atoms with Gasteiger partial charge in [-0.05, 0) is 31.5 Å². The van der Waals surface area contributed by atoms with Crippen LogP contribution in [0.3, 0.4) is 0 Å². The first-order valence-corrected chi connectivity index (χ1v) is 13.6. The third-order valence-corrected chi connectivity index (χ3v) is 8.79. The first-order chi connectivity index (χ1) is 18.5. The molecular weight excluding hydrogens is 488 g/mol. The van der Waals surface area contributed by atoms with Gasteiger partial charge in [-0.15, -0.1) is 13.2 Å². The van der Waals surface area contributed by atoms with Crippen LogP contribution in [0.5, 0.6) is 0 Å². The van der Waals surface area contributed by atoms with Crippen molar-refractivity contribution in [2.45, 2.75) is 75.4 Å². The Hall–Kier alpha value is -3.84. The number of ether oxygens (including phenoxy) is 1. The lowest BCUT2D eigenvalue weighted by Gasteiger charge is -2.35. The van der Waals surface area contributed by atoms with Crippen LogP contribution in [0, 0.1) is 0 Å². The van der Waals surface area contributed by atoms with Crippen LogP contribution in [0.15, 0.2) is 73.8 Å². The maximum Gasteiger partial charge on any atom is 0.243 e. The maximum atomic E-state index is 13.4. The normalized spacial score (nSPS) is 26.1. The monoisotopic (exact) mass is 524 g/mol. The molecule has 3 aromatic rings. The van der Waals surface area contributed by atoms with Crippen molar-refractivity contribution >= 4 is 28.4 Å². The van der Waals surface area contributed by atoms with Crippen molar-refractivity contribution in [1.82, 2.24) is 15.6 Å². The van der Waals surface area contributed by atoms with E-state index in [2.05, 4.69) is 73.5 Å². The number of hydrogen-bond donors (Lipinski definition) is 3. The molecule has 39 heavy (non-hydrogen) atoms. The summed E-state index contributed by atoms with van der Waals surface area (Å²) in [5.41, 5.74) is 3.84. The Kier molecular flexibility index (Phi) is 5.60. The van der Waals surface area contributed by atoms with Gasteiger partial charge in [0.1, 0.15) is 17.7 Å². The molecule has 7 nitrogen and oxygen atoms in total. The van der Waals surface area contributed by atoms with Gasteiger partial charge in [0.15, 0.2) is 6.23 Å². The predicted octanol–water partition coefficient (Wildman–Crippen LogP) is 4.58. The maximum absolute atomic E-state index is 13.4. The zero-order chi connectivity index (χ0) is 27.7. The number of para-hydroxylation sites is 2. The lowest BCUT2D eigenvalue weighted by atomic mass is 9.84. The fourth-order valence-electron chi connectivity index (χ4n) is 6.30. The molecule has 7 heteroatoms. The van der Waals surface area contributed by atoms with Crippen molar-refractivity contribution in [3.05, 3.63) is 90.7 Å². The molecule has 0 aliphatic carbocycles. The van der Waals surface area contributed by atoms with Gasteiger partial charge in [-0.2, -0.15) is 0 Å². The summed E-state index contributed by atoms with van der Waals surface area (Å²) in [5.74, 6) is -0.373. The zero-order valence-electron chi connectivity index (χ0n) is 23.0. The second kappa shape index (κ2) is 8.58. The van der Waals surface area contributed by atoms with Crippen LogP contribution in [0.4, 0.5) is 5.69 Å². The molecule has 0 radical (unpaired) electrons. The van der Waals surface area contributed by atoms with E-state index in [-0.39, 0.29) is 29.0 Å². The third kappa shape index (κ3) is 3.82. The van der Waals surface area contributed by atoms with Crippen molar-refractivity contribution in [2.75, 3.05) is 4.90 Å². The number of H-pyrrole nitrogens is 1. The Morgan fingerprint density at radius 2 is 1.62 bits per heavy atom.